The van der Waals surface area contributed by atoms with Crippen LogP contribution in [0.3, 0.4) is 0 Å². The molecular weight excluding hydrogens is 332 g/mol. The second kappa shape index (κ2) is 7.47. The Morgan fingerprint density at radius 2 is 1.77 bits per heavy atom. The summed E-state index contributed by atoms with van der Waals surface area (Å²) in [5.41, 5.74) is 4.20. The molecule has 0 aliphatic carbocycles. The molecule has 2 heterocycles. The van der Waals surface area contributed by atoms with Crippen molar-refractivity contribution < 1.29 is 24.1 Å². The third-order valence-electron chi connectivity index (χ3n) is 4.95. The summed E-state index contributed by atoms with van der Waals surface area (Å²) in [5, 5.41) is 9.86. The molecule has 2 aromatic carbocycles. The van der Waals surface area contributed by atoms with Gasteiger partial charge in [-0.3, -0.25) is 0 Å². The first-order valence-electron chi connectivity index (χ1n) is 8.96. The van der Waals surface area contributed by atoms with Gasteiger partial charge in [0, 0.05) is 11.1 Å². The number of aliphatic hydroxyl groups is 1. The molecule has 0 saturated carbocycles. The molecule has 0 spiro atoms. The van der Waals surface area contributed by atoms with E-state index in [0.29, 0.717) is 6.61 Å². The lowest BCUT2D eigenvalue weighted by atomic mass is 10.0. The molecule has 1 N–H and O–H groups in total. The van der Waals surface area contributed by atoms with Crippen molar-refractivity contribution in [3.05, 3.63) is 70.8 Å². The van der Waals surface area contributed by atoms with Crippen LogP contribution in [0.15, 0.2) is 48.5 Å². The molecule has 138 valence electrons. The van der Waals surface area contributed by atoms with E-state index in [4.69, 9.17) is 18.9 Å². The topological polar surface area (TPSA) is 57.2 Å². The summed E-state index contributed by atoms with van der Waals surface area (Å²) in [6.07, 6.45) is -2.13. The maximum atomic E-state index is 9.86. The maximum Gasteiger partial charge on any atom is 0.185 e. The summed E-state index contributed by atoms with van der Waals surface area (Å²) < 4.78 is 24.1. The van der Waals surface area contributed by atoms with Crippen LogP contribution in [0.4, 0.5) is 0 Å². The molecule has 0 amide bonds. The molecule has 2 fully saturated rings. The molecule has 2 unspecified atom stereocenters. The lowest BCUT2D eigenvalue weighted by Gasteiger charge is -2.45. The van der Waals surface area contributed by atoms with E-state index >= 15 is 0 Å². The number of fused-ring (bicyclic) bond motifs is 1. The Balaban J connectivity index is 1.53. The van der Waals surface area contributed by atoms with Gasteiger partial charge in [-0.1, -0.05) is 54.1 Å². The number of benzene rings is 2. The van der Waals surface area contributed by atoms with E-state index < -0.39 is 18.7 Å². The van der Waals surface area contributed by atoms with Crippen LogP contribution in [0.5, 0.6) is 0 Å². The maximum absolute atomic E-state index is 9.86. The van der Waals surface area contributed by atoms with Crippen LogP contribution in [0.2, 0.25) is 0 Å². The first-order valence-corrected chi connectivity index (χ1v) is 8.96. The van der Waals surface area contributed by atoms with Crippen LogP contribution in [0.25, 0.3) is 0 Å². The second-order valence-corrected chi connectivity index (χ2v) is 6.90. The summed E-state index contributed by atoms with van der Waals surface area (Å²) >= 11 is 0. The second-order valence-electron chi connectivity index (χ2n) is 6.90. The predicted molar refractivity (Wildman–Crippen MR) is 95.5 cm³/mol. The fraction of sp³-hybridized carbons (Fsp3) is 0.429. The van der Waals surface area contributed by atoms with E-state index in [-0.39, 0.29) is 18.8 Å². The van der Waals surface area contributed by atoms with E-state index in [0.717, 1.165) is 16.7 Å². The van der Waals surface area contributed by atoms with Crippen molar-refractivity contribution in [1.29, 1.82) is 0 Å². The summed E-state index contributed by atoms with van der Waals surface area (Å²) in [6, 6.07) is 15.9. The zero-order valence-electron chi connectivity index (χ0n) is 15.0. The highest BCUT2D eigenvalue weighted by Gasteiger charge is 2.45. The molecule has 5 heteroatoms. The lowest BCUT2D eigenvalue weighted by Crippen LogP contribution is -2.55. The van der Waals surface area contributed by atoms with E-state index in [1.165, 1.54) is 5.56 Å². The summed E-state index contributed by atoms with van der Waals surface area (Å²) in [4.78, 5) is 0. The van der Waals surface area contributed by atoms with Gasteiger partial charge in [0.25, 0.3) is 0 Å². The normalized spacial score (nSPS) is 31.4. The summed E-state index contributed by atoms with van der Waals surface area (Å²) in [6.45, 7) is 4.35. The van der Waals surface area contributed by atoms with Crippen LogP contribution in [0, 0.1) is 13.8 Å². The quantitative estimate of drug-likeness (QED) is 0.915. The van der Waals surface area contributed by atoms with Gasteiger partial charge in [-0.05, 0) is 19.4 Å². The van der Waals surface area contributed by atoms with Crippen LogP contribution in [-0.2, 0) is 18.9 Å². The van der Waals surface area contributed by atoms with Crippen molar-refractivity contribution in [2.45, 2.75) is 44.7 Å². The van der Waals surface area contributed by atoms with Gasteiger partial charge >= 0.3 is 0 Å². The molecule has 2 saturated heterocycles. The number of rotatable bonds is 3. The van der Waals surface area contributed by atoms with Crippen molar-refractivity contribution in [2.24, 2.45) is 0 Å². The molecular formula is C21H24O5. The minimum absolute atomic E-state index is 0.132. The number of aryl methyl sites for hydroxylation is 2. The molecule has 0 aromatic heterocycles. The molecule has 0 bridgehead atoms. The van der Waals surface area contributed by atoms with Crippen LogP contribution < -0.4 is 0 Å². The lowest BCUT2D eigenvalue weighted by molar-refractivity contribution is -0.366. The Labute approximate surface area is 153 Å². The highest BCUT2D eigenvalue weighted by atomic mass is 16.8. The van der Waals surface area contributed by atoms with E-state index in [9.17, 15) is 5.11 Å². The standard InChI is InChI=1S/C21H24O5/c1-13-8-9-16(14(2)10-13)21-24-17(11-22)19-18(25-21)12-23-20(26-19)15-6-4-3-5-7-15/h3-10,17-22H,11-12H2,1-2H3/t17-,18+,19+,20?,21?/m1/s1. The summed E-state index contributed by atoms with van der Waals surface area (Å²) in [7, 11) is 0. The van der Waals surface area contributed by atoms with Crippen LogP contribution in [0.1, 0.15) is 34.8 Å². The van der Waals surface area contributed by atoms with Crippen molar-refractivity contribution in [2.75, 3.05) is 13.2 Å². The van der Waals surface area contributed by atoms with Gasteiger partial charge < -0.3 is 24.1 Å². The van der Waals surface area contributed by atoms with Crippen LogP contribution in [-0.4, -0.2) is 36.6 Å². The SMILES string of the molecule is Cc1ccc(C2O[C@H]3COC(c4ccccc4)O[C@H]3[C@@H](CO)O2)c(C)c1. The van der Waals surface area contributed by atoms with Gasteiger partial charge in [-0.2, -0.15) is 0 Å². The molecule has 2 aliphatic heterocycles. The fourth-order valence-corrected chi connectivity index (χ4v) is 3.59. The Morgan fingerprint density at radius 3 is 2.50 bits per heavy atom. The number of hydrogen-bond acceptors (Lipinski definition) is 5. The van der Waals surface area contributed by atoms with E-state index in [1.807, 2.05) is 49.4 Å². The van der Waals surface area contributed by atoms with E-state index in [1.54, 1.807) is 0 Å². The third-order valence-corrected chi connectivity index (χ3v) is 4.95. The molecule has 0 radical (unpaired) electrons. The monoisotopic (exact) mass is 356 g/mol. The molecule has 26 heavy (non-hydrogen) atoms. The van der Waals surface area contributed by atoms with Crippen molar-refractivity contribution in [1.82, 2.24) is 0 Å². The van der Waals surface area contributed by atoms with Gasteiger partial charge in [0.2, 0.25) is 0 Å². The predicted octanol–water partition coefficient (Wildman–Crippen LogP) is 3.19. The average Bonchev–Trinajstić information content (AvgIpc) is 2.67. The number of hydrogen-bond donors (Lipinski definition) is 1. The Hall–Kier alpha value is -1.76. The van der Waals surface area contributed by atoms with Crippen molar-refractivity contribution >= 4 is 0 Å². The van der Waals surface area contributed by atoms with Crippen molar-refractivity contribution in [3.63, 3.8) is 0 Å². The Kier molecular flexibility index (Phi) is 5.07. The smallest absolute Gasteiger partial charge is 0.185 e. The van der Waals surface area contributed by atoms with Gasteiger partial charge in [-0.25, -0.2) is 0 Å². The molecule has 2 aliphatic rings. The molecule has 2 aromatic rings. The molecule has 5 atom stereocenters. The number of ether oxygens (including phenoxy) is 4. The first-order chi connectivity index (χ1) is 12.7. The van der Waals surface area contributed by atoms with Gasteiger partial charge in [-0.15, -0.1) is 0 Å². The Bertz CT molecular complexity index is 739. The van der Waals surface area contributed by atoms with Gasteiger partial charge in [0.15, 0.2) is 12.6 Å². The largest absolute Gasteiger partial charge is 0.394 e. The molecule has 5 nitrogen and oxygen atoms in total. The Morgan fingerprint density at radius 1 is 0.962 bits per heavy atom. The van der Waals surface area contributed by atoms with Crippen LogP contribution >= 0.6 is 0 Å². The number of aliphatic hydroxyl groups excluding tert-OH is 1. The third kappa shape index (κ3) is 3.41. The van der Waals surface area contributed by atoms with Gasteiger partial charge in [0.1, 0.15) is 18.3 Å². The molecule has 4 rings (SSSR count). The highest BCUT2D eigenvalue weighted by Crippen LogP contribution is 2.38. The minimum atomic E-state index is -0.533. The zero-order valence-corrected chi connectivity index (χ0v) is 15.0. The summed E-state index contributed by atoms with van der Waals surface area (Å²) in [5.74, 6) is 0. The highest BCUT2D eigenvalue weighted by molar-refractivity contribution is 5.31. The minimum Gasteiger partial charge on any atom is -0.394 e. The van der Waals surface area contributed by atoms with Gasteiger partial charge in [0.05, 0.1) is 13.2 Å². The van der Waals surface area contributed by atoms with Crippen molar-refractivity contribution in [3.8, 4) is 0 Å². The first kappa shape index (κ1) is 17.6. The van der Waals surface area contributed by atoms with E-state index in [2.05, 4.69) is 13.0 Å². The average molecular weight is 356 g/mol. The zero-order chi connectivity index (χ0) is 18.1. The fourth-order valence-electron chi connectivity index (χ4n) is 3.59.